The molecule has 1 N–H and O–H groups in total. The number of hydrazine groups is 1. The van der Waals surface area contributed by atoms with E-state index in [1.54, 1.807) is 7.05 Å². The first-order valence-electron chi connectivity index (χ1n) is 10.3. The Morgan fingerprint density at radius 1 is 1.14 bits per heavy atom. The third kappa shape index (κ3) is 6.24. The number of rotatable bonds is 6. The maximum absolute atomic E-state index is 13.3. The zero-order chi connectivity index (χ0) is 20.7. The van der Waals surface area contributed by atoms with Crippen molar-refractivity contribution in [2.45, 2.75) is 71.1 Å². The van der Waals surface area contributed by atoms with E-state index in [1.807, 2.05) is 35.2 Å². The minimum absolute atomic E-state index is 0.0158. The van der Waals surface area contributed by atoms with Crippen LogP contribution in [0, 0.1) is 5.41 Å². The quantitative estimate of drug-likeness (QED) is 0.671. The molecule has 0 aliphatic heterocycles. The van der Waals surface area contributed by atoms with Crippen molar-refractivity contribution >= 4 is 28.6 Å². The first-order chi connectivity index (χ1) is 13.2. The first kappa shape index (κ1) is 22.8. The lowest BCUT2D eigenvalue weighted by Gasteiger charge is -2.36. The Hall–Kier alpha value is -1.53. The van der Waals surface area contributed by atoms with Gasteiger partial charge in [0.1, 0.15) is 6.54 Å². The van der Waals surface area contributed by atoms with Crippen molar-refractivity contribution in [2.24, 2.45) is 5.41 Å². The van der Waals surface area contributed by atoms with Crippen molar-refractivity contribution in [3.63, 3.8) is 0 Å². The van der Waals surface area contributed by atoms with E-state index in [9.17, 15) is 9.59 Å². The second-order valence-corrected chi connectivity index (χ2v) is 9.88. The third-order valence-electron chi connectivity index (χ3n) is 5.52. The molecule has 1 saturated carbocycles. The Bertz CT molecular complexity index is 639. The second kappa shape index (κ2) is 10.3. The summed E-state index contributed by atoms with van der Waals surface area (Å²) in [4.78, 5) is 28.0. The van der Waals surface area contributed by atoms with Crippen molar-refractivity contribution < 1.29 is 9.59 Å². The molecule has 0 aromatic heterocycles. The van der Waals surface area contributed by atoms with Crippen LogP contribution in [0.5, 0.6) is 0 Å². The van der Waals surface area contributed by atoms with Crippen molar-refractivity contribution in [1.82, 2.24) is 10.4 Å². The van der Waals surface area contributed by atoms with Gasteiger partial charge in [-0.1, -0.05) is 76.9 Å². The van der Waals surface area contributed by atoms with E-state index in [1.165, 1.54) is 23.2 Å². The van der Waals surface area contributed by atoms with E-state index in [-0.39, 0.29) is 34.4 Å². The molecule has 1 atom stereocenters. The van der Waals surface area contributed by atoms with Crippen molar-refractivity contribution in [3.05, 3.63) is 30.3 Å². The van der Waals surface area contributed by atoms with Gasteiger partial charge in [0.05, 0.1) is 0 Å². The number of nitrogens with zero attached hydrogens (tertiary/aromatic N) is 2. The fourth-order valence-corrected chi connectivity index (χ4v) is 4.26. The van der Waals surface area contributed by atoms with Crippen LogP contribution in [0.1, 0.15) is 59.8 Å². The first-order valence-corrected chi connectivity index (χ1v) is 11.1. The highest BCUT2D eigenvalue weighted by molar-refractivity contribution is 8.14. The average molecular weight is 406 g/mol. The molecular weight excluding hydrogens is 370 g/mol. The predicted molar refractivity (Wildman–Crippen MR) is 118 cm³/mol. The van der Waals surface area contributed by atoms with Gasteiger partial charge < -0.3 is 4.90 Å². The van der Waals surface area contributed by atoms with E-state index < -0.39 is 0 Å². The molecule has 0 radical (unpaired) electrons. The second-order valence-electron chi connectivity index (χ2n) is 8.59. The van der Waals surface area contributed by atoms with E-state index in [4.69, 9.17) is 0 Å². The Morgan fingerprint density at radius 3 is 2.29 bits per heavy atom. The summed E-state index contributed by atoms with van der Waals surface area (Å²) in [6.45, 7) is 8.44. The van der Waals surface area contributed by atoms with Gasteiger partial charge in [-0.25, -0.2) is 5.43 Å². The van der Waals surface area contributed by atoms with Gasteiger partial charge in [-0.2, -0.15) is 0 Å². The molecule has 1 aromatic carbocycles. The van der Waals surface area contributed by atoms with Crippen LogP contribution < -0.4 is 10.3 Å². The zero-order valence-electron chi connectivity index (χ0n) is 17.9. The standard InChI is InChI=1S/C22H35N3O2S/c1-17(22(2,3)4)28-21(27)24(23-5)16-20(26)25(18-12-8-6-9-13-18)19-14-10-7-11-15-19/h6,8-9,12-13,17,19,23H,7,10-11,14-16H2,1-5H3. The summed E-state index contributed by atoms with van der Waals surface area (Å²) in [7, 11) is 1.70. The highest BCUT2D eigenvalue weighted by Gasteiger charge is 2.31. The van der Waals surface area contributed by atoms with Gasteiger partial charge in [-0.15, -0.1) is 0 Å². The number of amides is 2. The molecule has 1 unspecified atom stereocenters. The molecular formula is C22H35N3O2S. The average Bonchev–Trinajstić information content (AvgIpc) is 2.67. The summed E-state index contributed by atoms with van der Waals surface area (Å²) in [6.07, 6.45) is 5.56. The van der Waals surface area contributed by atoms with Crippen molar-refractivity contribution in [2.75, 3.05) is 18.5 Å². The topological polar surface area (TPSA) is 52.7 Å². The minimum Gasteiger partial charge on any atom is -0.308 e. The van der Waals surface area contributed by atoms with E-state index in [0.29, 0.717) is 0 Å². The van der Waals surface area contributed by atoms with Crippen molar-refractivity contribution in [1.29, 1.82) is 0 Å². The molecule has 2 rings (SSSR count). The predicted octanol–water partition coefficient (Wildman–Crippen LogP) is 5.08. The Morgan fingerprint density at radius 2 is 1.75 bits per heavy atom. The summed E-state index contributed by atoms with van der Waals surface area (Å²) >= 11 is 1.28. The normalized spacial score (nSPS) is 16.5. The molecule has 1 fully saturated rings. The Balaban J connectivity index is 2.13. The molecule has 28 heavy (non-hydrogen) atoms. The Labute approximate surface area is 174 Å². The van der Waals surface area contributed by atoms with E-state index in [2.05, 4.69) is 33.1 Å². The van der Waals surface area contributed by atoms with Crippen LogP contribution in [0.25, 0.3) is 0 Å². The molecule has 0 bridgehead atoms. The van der Waals surface area contributed by atoms with Crippen LogP contribution in [-0.4, -0.2) is 41.0 Å². The molecule has 0 heterocycles. The summed E-state index contributed by atoms with van der Waals surface area (Å²) in [5.74, 6) is -0.0372. The van der Waals surface area contributed by atoms with Gasteiger partial charge in [-0.3, -0.25) is 14.6 Å². The number of hydrogen-bond acceptors (Lipinski definition) is 4. The lowest BCUT2D eigenvalue weighted by atomic mass is 9.93. The van der Waals surface area contributed by atoms with Crippen LogP contribution in [-0.2, 0) is 4.79 Å². The van der Waals surface area contributed by atoms with Crippen LogP contribution in [0.3, 0.4) is 0 Å². The highest BCUT2D eigenvalue weighted by Crippen LogP contribution is 2.31. The van der Waals surface area contributed by atoms with Gasteiger partial charge in [-0.05, 0) is 30.4 Å². The molecule has 1 aliphatic carbocycles. The number of hydrogen-bond donors (Lipinski definition) is 1. The molecule has 0 spiro atoms. The van der Waals surface area contributed by atoms with Gasteiger partial charge in [0.15, 0.2) is 0 Å². The maximum Gasteiger partial charge on any atom is 0.296 e. The number of benzene rings is 1. The zero-order valence-corrected chi connectivity index (χ0v) is 18.7. The van der Waals surface area contributed by atoms with Gasteiger partial charge in [0.2, 0.25) is 5.91 Å². The van der Waals surface area contributed by atoms with Gasteiger partial charge in [0, 0.05) is 24.0 Å². The SMILES string of the molecule is CNN(CC(=O)N(c1ccccc1)C1CCCCC1)C(=O)SC(C)C(C)(C)C. The summed E-state index contributed by atoms with van der Waals surface area (Å²) < 4.78 is 0. The molecule has 0 saturated heterocycles. The third-order valence-corrected chi connectivity index (χ3v) is 7.01. The maximum atomic E-state index is 13.3. The van der Waals surface area contributed by atoms with Crippen LogP contribution in [0.4, 0.5) is 10.5 Å². The number of para-hydroxylation sites is 1. The number of nitrogens with one attached hydrogen (secondary N) is 1. The fraction of sp³-hybridized carbons (Fsp3) is 0.636. The van der Waals surface area contributed by atoms with E-state index >= 15 is 0 Å². The molecule has 6 heteroatoms. The van der Waals surface area contributed by atoms with E-state index in [0.717, 1.165) is 31.4 Å². The van der Waals surface area contributed by atoms with Gasteiger partial charge >= 0.3 is 0 Å². The largest absolute Gasteiger partial charge is 0.308 e. The summed E-state index contributed by atoms with van der Waals surface area (Å²) in [5.41, 5.74) is 3.85. The minimum atomic E-state index is -0.116. The molecule has 156 valence electrons. The smallest absolute Gasteiger partial charge is 0.296 e. The van der Waals surface area contributed by atoms with Crippen LogP contribution >= 0.6 is 11.8 Å². The van der Waals surface area contributed by atoms with Gasteiger partial charge in [0.25, 0.3) is 5.24 Å². The molecule has 5 nitrogen and oxygen atoms in total. The molecule has 2 amide bonds. The monoisotopic (exact) mass is 405 g/mol. The molecule has 1 aromatic rings. The highest BCUT2D eigenvalue weighted by atomic mass is 32.2. The lowest BCUT2D eigenvalue weighted by molar-refractivity contribution is -0.120. The Kier molecular flexibility index (Phi) is 8.38. The van der Waals surface area contributed by atoms with Crippen molar-refractivity contribution in [3.8, 4) is 0 Å². The number of carbonyl (C=O) groups is 2. The van der Waals surface area contributed by atoms with Crippen LogP contribution in [0.15, 0.2) is 30.3 Å². The fourth-order valence-electron chi connectivity index (χ4n) is 3.32. The number of carbonyl (C=O) groups excluding carboxylic acids is 2. The van der Waals surface area contributed by atoms with Crippen LogP contribution in [0.2, 0.25) is 0 Å². The summed E-state index contributed by atoms with van der Waals surface area (Å²) in [6, 6.07) is 10.0. The molecule has 1 aliphatic rings. The number of thioether (sulfide) groups is 1. The summed E-state index contributed by atoms with van der Waals surface area (Å²) in [5, 5.41) is 1.47. The number of anilines is 1. The lowest BCUT2D eigenvalue weighted by Crippen LogP contribution is -2.50.